The van der Waals surface area contributed by atoms with Crippen LogP contribution in [0.4, 0.5) is 0 Å². The van der Waals surface area contributed by atoms with E-state index in [2.05, 4.69) is 0 Å². The van der Waals surface area contributed by atoms with Crippen molar-refractivity contribution in [2.24, 2.45) is 0 Å². The molecule has 0 atom stereocenters. The molecule has 0 spiro atoms. The first kappa shape index (κ1) is 14.1. The van der Waals surface area contributed by atoms with E-state index in [1.54, 1.807) is 25.1 Å². The zero-order valence-electron chi connectivity index (χ0n) is 10.9. The van der Waals surface area contributed by atoms with Gasteiger partial charge in [-0.2, -0.15) is 5.26 Å². The van der Waals surface area contributed by atoms with Crippen LogP contribution in [0, 0.1) is 11.3 Å². The average Bonchev–Trinajstić information content (AvgIpc) is 2.47. The second-order valence-electron chi connectivity index (χ2n) is 4.06. The quantitative estimate of drug-likeness (QED) is 0.640. The summed E-state index contributed by atoms with van der Waals surface area (Å²) in [5, 5.41) is 10.7. The summed E-state index contributed by atoms with van der Waals surface area (Å²) < 4.78 is 29.6. The van der Waals surface area contributed by atoms with Crippen LogP contribution in [0.5, 0.6) is 0 Å². The van der Waals surface area contributed by atoms with Crippen molar-refractivity contribution in [1.82, 2.24) is 0 Å². The number of sulfone groups is 1. The van der Waals surface area contributed by atoms with Gasteiger partial charge in [-0.1, -0.05) is 30.3 Å². The Morgan fingerprint density at radius 1 is 1.25 bits per heavy atom. The molecular weight excluding hydrogens is 274 g/mol. The molecule has 2 aromatic rings. The lowest BCUT2D eigenvalue weighted by Gasteiger charge is -2.05. The molecule has 5 heteroatoms. The first-order valence-electron chi connectivity index (χ1n) is 6.05. The van der Waals surface area contributed by atoms with Gasteiger partial charge < -0.3 is 4.74 Å². The second-order valence-corrected chi connectivity index (χ2v) is 5.98. The van der Waals surface area contributed by atoms with Crippen molar-refractivity contribution < 1.29 is 13.2 Å². The minimum atomic E-state index is -3.84. The number of nitrogens with zero attached hydrogens (tertiary/aromatic N) is 1. The highest BCUT2D eigenvalue weighted by molar-refractivity contribution is 7.95. The van der Waals surface area contributed by atoms with Crippen molar-refractivity contribution >= 4 is 20.6 Å². The number of nitriles is 1. The predicted octanol–water partition coefficient (Wildman–Crippen LogP) is 3.01. The van der Waals surface area contributed by atoms with Crippen molar-refractivity contribution in [1.29, 1.82) is 5.26 Å². The molecule has 0 heterocycles. The first-order valence-corrected chi connectivity index (χ1v) is 7.53. The van der Waals surface area contributed by atoms with Crippen LogP contribution in [-0.4, -0.2) is 15.0 Å². The average molecular weight is 287 g/mol. The van der Waals surface area contributed by atoms with E-state index in [0.29, 0.717) is 6.61 Å². The summed E-state index contributed by atoms with van der Waals surface area (Å²) in [6, 6.07) is 13.9. The Labute approximate surface area is 117 Å². The molecule has 0 aliphatic heterocycles. The Kier molecular flexibility index (Phi) is 4.06. The van der Waals surface area contributed by atoms with Crippen molar-refractivity contribution in [3.05, 3.63) is 53.6 Å². The van der Waals surface area contributed by atoms with E-state index in [0.717, 1.165) is 17.0 Å². The summed E-state index contributed by atoms with van der Waals surface area (Å²) in [5.74, 6) is 0. The lowest BCUT2D eigenvalue weighted by atomic mass is 10.1. The van der Waals surface area contributed by atoms with E-state index in [-0.39, 0.29) is 4.90 Å². The summed E-state index contributed by atoms with van der Waals surface area (Å²) in [6.45, 7) is 2.02. The van der Waals surface area contributed by atoms with Crippen LogP contribution in [0.15, 0.2) is 58.5 Å². The highest BCUT2D eigenvalue weighted by atomic mass is 32.2. The molecule has 0 saturated heterocycles. The second kappa shape index (κ2) is 5.76. The molecule has 2 rings (SSSR count). The van der Waals surface area contributed by atoms with Crippen molar-refractivity contribution in [3.8, 4) is 6.07 Å². The molecular formula is C15H13NO3S. The van der Waals surface area contributed by atoms with E-state index < -0.39 is 14.7 Å². The summed E-state index contributed by atoms with van der Waals surface area (Å²) >= 11 is 0. The molecule has 20 heavy (non-hydrogen) atoms. The molecule has 4 nitrogen and oxygen atoms in total. The minimum absolute atomic E-state index is 0.0868. The third kappa shape index (κ3) is 2.65. The van der Waals surface area contributed by atoms with Gasteiger partial charge in [-0.05, 0) is 29.8 Å². The van der Waals surface area contributed by atoms with Gasteiger partial charge in [0.05, 0.1) is 11.5 Å². The van der Waals surface area contributed by atoms with E-state index in [1.807, 2.05) is 24.3 Å². The lowest BCUT2D eigenvalue weighted by Crippen LogP contribution is -2.04. The highest BCUT2D eigenvalue weighted by Crippen LogP contribution is 2.23. The Morgan fingerprint density at radius 3 is 2.60 bits per heavy atom. The predicted molar refractivity (Wildman–Crippen MR) is 76.5 cm³/mol. The normalized spacial score (nSPS) is 12.1. The van der Waals surface area contributed by atoms with Crippen LogP contribution in [0.2, 0.25) is 0 Å². The largest absolute Gasteiger partial charge is 0.499 e. The molecule has 0 N–H and O–H groups in total. The van der Waals surface area contributed by atoms with Gasteiger partial charge in [-0.15, -0.1) is 0 Å². The molecule has 0 aromatic heterocycles. The third-order valence-electron chi connectivity index (χ3n) is 2.79. The molecule has 0 amide bonds. The number of hydrogen-bond acceptors (Lipinski definition) is 4. The van der Waals surface area contributed by atoms with E-state index in [1.165, 1.54) is 6.07 Å². The fourth-order valence-electron chi connectivity index (χ4n) is 1.77. The maximum atomic E-state index is 12.3. The summed E-state index contributed by atoms with van der Waals surface area (Å²) in [4.78, 5) is -0.307. The van der Waals surface area contributed by atoms with Gasteiger partial charge in [0.1, 0.15) is 12.3 Å². The van der Waals surface area contributed by atoms with Crippen molar-refractivity contribution in [2.45, 2.75) is 11.8 Å². The standard InChI is InChI=1S/C15H13NO3S/c1-2-19-11-15(10-16)20(17,18)14-8-7-12-5-3-4-6-13(12)9-14/h3-9,11H,2H2,1H3/b15-11-. The number of benzene rings is 2. The molecule has 0 bridgehead atoms. The molecule has 0 unspecified atom stereocenters. The molecule has 0 fully saturated rings. The molecule has 0 radical (unpaired) electrons. The zero-order chi connectivity index (χ0) is 14.6. The smallest absolute Gasteiger partial charge is 0.219 e. The number of hydrogen-bond donors (Lipinski definition) is 0. The van der Waals surface area contributed by atoms with Gasteiger partial charge >= 0.3 is 0 Å². The lowest BCUT2D eigenvalue weighted by molar-refractivity contribution is 0.268. The minimum Gasteiger partial charge on any atom is -0.499 e. The van der Waals surface area contributed by atoms with Crippen molar-refractivity contribution in [3.63, 3.8) is 0 Å². The van der Waals surface area contributed by atoms with Crippen LogP contribution < -0.4 is 0 Å². The molecule has 0 aliphatic rings. The van der Waals surface area contributed by atoms with Gasteiger partial charge in [0.2, 0.25) is 9.84 Å². The molecule has 2 aromatic carbocycles. The molecule has 0 aliphatic carbocycles. The number of fused-ring (bicyclic) bond motifs is 1. The fraction of sp³-hybridized carbons (Fsp3) is 0.133. The van der Waals surface area contributed by atoms with Gasteiger partial charge in [-0.3, -0.25) is 0 Å². The zero-order valence-corrected chi connectivity index (χ0v) is 11.7. The topological polar surface area (TPSA) is 67.2 Å². The van der Waals surface area contributed by atoms with E-state index >= 15 is 0 Å². The van der Waals surface area contributed by atoms with Gasteiger partial charge in [0, 0.05) is 0 Å². The maximum Gasteiger partial charge on any atom is 0.219 e. The van der Waals surface area contributed by atoms with Gasteiger partial charge in [0.25, 0.3) is 0 Å². The van der Waals surface area contributed by atoms with Crippen LogP contribution in [0.3, 0.4) is 0 Å². The maximum absolute atomic E-state index is 12.3. The van der Waals surface area contributed by atoms with Gasteiger partial charge in [0.15, 0.2) is 4.91 Å². The monoisotopic (exact) mass is 287 g/mol. The van der Waals surface area contributed by atoms with Crippen molar-refractivity contribution in [2.75, 3.05) is 6.61 Å². The number of ether oxygens (including phenoxy) is 1. The Morgan fingerprint density at radius 2 is 1.95 bits per heavy atom. The van der Waals surface area contributed by atoms with Gasteiger partial charge in [-0.25, -0.2) is 8.42 Å². The molecule has 0 saturated carbocycles. The van der Waals surface area contributed by atoms with E-state index in [9.17, 15) is 8.42 Å². The highest BCUT2D eigenvalue weighted by Gasteiger charge is 2.21. The summed E-state index contributed by atoms with van der Waals surface area (Å²) in [7, 11) is -3.84. The first-order chi connectivity index (χ1) is 9.59. The SMILES string of the molecule is CCO/C=C(/C#N)S(=O)(=O)c1ccc2ccccc2c1. The van der Waals surface area contributed by atoms with Crippen LogP contribution in [0.25, 0.3) is 10.8 Å². The third-order valence-corrected chi connectivity index (χ3v) is 4.43. The van der Waals surface area contributed by atoms with Crippen LogP contribution >= 0.6 is 0 Å². The Balaban J connectivity index is 2.54. The number of rotatable bonds is 4. The summed E-state index contributed by atoms with van der Waals surface area (Å²) in [6.07, 6.45) is 0.991. The fourth-order valence-corrected chi connectivity index (χ4v) is 2.87. The van der Waals surface area contributed by atoms with Crippen LogP contribution in [-0.2, 0) is 14.6 Å². The van der Waals surface area contributed by atoms with Crippen LogP contribution in [0.1, 0.15) is 6.92 Å². The Bertz CT molecular complexity index is 801. The Hall–Kier alpha value is -2.32. The van der Waals surface area contributed by atoms with E-state index in [4.69, 9.17) is 10.00 Å². The number of allylic oxidation sites excluding steroid dienone is 1. The molecule has 102 valence electrons. The summed E-state index contributed by atoms with van der Waals surface area (Å²) in [5.41, 5.74) is 0.